The van der Waals surface area contributed by atoms with Crippen LogP contribution in [0.1, 0.15) is 30.3 Å². The summed E-state index contributed by atoms with van der Waals surface area (Å²) in [5, 5.41) is 6.81. The molecule has 0 spiro atoms. The minimum Gasteiger partial charge on any atom is -0.334 e. The van der Waals surface area contributed by atoms with Gasteiger partial charge in [-0.3, -0.25) is 9.59 Å². The normalized spacial score (nSPS) is 10.8. The van der Waals surface area contributed by atoms with Crippen molar-refractivity contribution in [1.29, 1.82) is 0 Å². The predicted octanol–water partition coefficient (Wildman–Crippen LogP) is 4.19. The van der Waals surface area contributed by atoms with Crippen molar-refractivity contribution in [3.8, 4) is 5.69 Å². The average molecular weight is 440 g/mol. The van der Waals surface area contributed by atoms with Gasteiger partial charge >= 0.3 is 0 Å². The summed E-state index contributed by atoms with van der Waals surface area (Å²) in [6.07, 6.45) is 0.667. The van der Waals surface area contributed by atoms with Gasteiger partial charge < -0.3 is 10.2 Å². The molecule has 1 aromatic heterocycles. The second-order valence-electron chi connectivity index (χ2n) is 7.45. The van der Waals surface area contributed by atoms with E-state index in [2.05, 4.69) is 10.4 Å². The fraction of sp³-hybridized carbons (Fsp3) is 0.292. The highest BCUT2D eigenvalue weighted by Crippen LogP contribution is 2.20. The Balaban J connectivity index is 1.63. The molecular formula is C24H26F2N4O2. The number of halogens is 2. The number of rotatable bonds is 8. The van der Waals surface area contributed by atoms with E-state index in [1.54, 1.807) is 6.92 Å². The average Bonchev–Trinajstić information content (AvgIpc) is 3.07. The van der Waals surface area contributed by atoms with E-state index in [0.717, 1.165) is 34.8 Å². The Bertz CT molecular complexity index is 1090. The molecule has 8 heteroatoms. The number of aryl methyl sites for hydroxylation is 1. The van der Waals surface area contributed by atoms with E-state index in [9.17, 15) is 18.4 Å². The molecule has 168 valence electrons. The number of para-hydroxylation sites is 2. The third kappa shape index (κ3) is 5.19. The first kappa shape index (κ1) is 23.1. The second kappa shape index (κ2) is 10.2. The van der Waals surface area contributed by atoms with Gasteiger partial charge in [0.1, 0.15) is 17.3 Å². The number of benzene rings is 2. The molecule has 1 heterocycles. The first-order valence-corrected chi connectivity index (χ1v) is 10.4. The van der Waals surface area contributed by atoms with Crippen molar-refractivity contribution >= 4 is 17.5 Å². The van der Waals surface area contributed by atoms with Gasteiger partial charge in [0.15, 0.2) is 0 Å². The van der Waals surface area contributed by atoms with Crippen LogP contribution >= 0.6 is 0 Å². The molecule has 0 saturated carbocycles. The van der Waals surface area contributed by atoms with E-state index in [1.807, 2.05) is 48.9 Å². The number of nitrogens with zero attached hydrogens (tertiary/aromatic N) is 3. The summed E-state index contributed by atoms with van der Waals surface area (Å²) in [7, 11) is 0. The first-order chi connectivity index (χ1) is 15.3. The van der Waals surface area contributed by atoms with Gasteiger partial charge in [0.05, 0.1) is 17.9 Å². The molecule has 0 aliphatic rings. The molecule has 2 aromatic carbocycles. The van der Waals surface area contributed by atoms with Crippen LogP contribution in [0.5, 0.6) is 0 Å². The molecule has 2 amide bonds. The molecule has 0 aliphatic heterocycles. The predicted molar refractivity (Wildman–Crippen MR) is 119 cm³/mol. The highest BCUT2D eigenvalue weighted by atomic mass is 19.1. The van der Waals surface area contributed by atoms with Crippen LogP contribution in [0.2, 0.25) is 0 Å². The SMILES string of the molecule is CCN(CC(=O)Nc1c(F)cccc1F)C(=O)CCc1c(C)nn(-c2ccccc2)c1C. The molecule has 0 fully saturated rings. The molecule has 0 saturated heterocycles. The van der Waals surface area contributed by atoms with E-state index in [1.165, 1.54) is 11.0 Å². The molecule has 3 rings (SSSR count). The van der Waals surface area contributed by atoms with E-state index in [0.29, 0.717) is 13.0 Å². The molecule has 0 atom stereocenters. The van der Waals surface area contributed by atoms with Gasteiger partial charge in [0, 0.05) is 18.7 Å². The van der Waals surface area contributed by atoms with Gasteiger partial charge in [0.25, 0.3) is 0 Å². The fourth-order valence-corrected chi connectivity index (χ4v) is 3.59. The quantitative estimate of drug-likeness (QED) is 0.571. The van der Waals surface area contributed by atoms with E-state index in [-0.39, 0.29) is 18.9 Å². The Hall–Kier alpha value is -3.55. The van der Waals surface area contributed by atoms with Crippen molar-refractivity contribution in [2.45, 2.75) is 33.6 Å². The fourth-order valence-electron chi connectivity index (χ4n) is 3.59. The third-order valence-electron chi connectivity index (χ3n) is 5.33. The Kier molecular flexibility index (Phi) is 7.35. The number of hydrogen-bond acceptors (Lipinski definition) is 3. The summed E-state index contributed by atoms with van der Waals surface area (Å²) in [4.78, 5) is 26.4. The Morgan fingerprint density at radius 3 is 2.31 bits per heavy atom. The highest BCUT2D eigenvalue weighted by molar-refractivity contribution is 5.94. The van der Waals surface area contributed by atoms with Gasteiger partial charge in [-0.2, -0.15) is 5.10 Å². The lowest BCUT2D eigenvalue weighted by Gasteiger charge is -2.20. The Morgan fingerprint density at radius 1 is 1.03 bits per heavy atom. The third-order valence-corrected chi connectivity index (χ3v) is 5.33. The van der Waals surface area contributed by atoms with Gasteiger partial charge in [0.2, 0.25) is 11.8 Å². The molecular weight excluding hydrogens is 414 g/mol. The van der Waals surface area contributed by atoms with Crippen LogP contribution < -0.4 is 5.32 Å². The Morgan fingerprint density at radius 2 is 1.69 bits per heavy atom. The van der Waals surface area contributed by atoms with Crippen LogP contribution in [0.3, 0.4) is 0 Å². The maximum absolute atomic E-state index is 13.8. The van der Waals surface area contributed by atoms with Crippen molar-refractivity contribution in [3.63, 3.8) is 0 Å². The number of nitrogens with one attached hydrogen (secondary N) is 1. The maximum atomic E-state index is 13.8. The van der Waals surface area contributed by atoms with Crippen LogP contribution in [-0.4, -0.2) is 39.6 Å². The molecule has 0 radical (unpaired) electrons. The number of anilines is 1. The molecule has 1 N–H and O–H groups in total. The zero-order valence-corrected chi connectivity index (χ0v) is 18.4. The zero-order chi connectivity index (χ0) is 23.3. The monoisotopic (exact) mass is 440 g/mol. The van der Waals surface area contributed by atoms with Gasteiger partial charge in [-0.1, -0.05) is 24.3 Å². The number of amides is 2. The van der Waals surface area contributed by atoms with Crippen molar-refractivity contribution in [1.82, 2.24) is 14.7 Å². The minimum atomic E-state index is -0.867. The molecule has 0 aliphatic carbocycles. The number of aromatic nitrogens is 2. The summed E-state index contributed by atoms with van der Waals surface area (Å²) in [5.74, 6) is -2.61. The summed E-state index contributed by atoms with van der Waals surface area (Å²) >= 11 is 0. The summed E-state index contributed by atoms with van der Waals surface area (Å²) in [5.41, 5.74) is 3.21. The molecule has 32 heavy (non-hydrogen) atoms. The van der Waals surface area contributed by atoms with Gasteiger partial charge in [-0.15, -0.1) is 0 Å². The largest absolute Gasteiger partial charge is 0.334 e. The van der Waals surface area contributed by atoms with Crippen LogP contribution in [0, 0.1) is 25.5 Å². The van der Waals surface area contributed by atoms with E-state index >= 15 is 0 Å². The van der Waals surface area contributed by atoms with Crippen LogP contribution in [0.15, 0.2) is 48.5 Å². The maximum Gasteiger partial charge on any atom is 0.244 e. The van der Waals surface area contributed by atoms with Gasteiger partial charge in [-0.05, 0) is 57.0 Å². The summed E-state index contributed by atoms with van der Waals surface area (Å²) in [6, 6.07) is 13.1. The minimum absolute atomic E-state index is 0.192. The smallest absolute Gasteiger partial charge is 0.244 e. The lowest BCUT2D eigenvalue weighted by Crippen LogP contribution is -2.38. The lowest BCUT2D eigenvalue weighted by atomic mass is 10.1. The Labute approximate surface area is 185 Å². The van der Waals surface area contributed by atoms with E-state index in [4.69, 9.17) is 0 Å². The van der Waals surface area contributed by atoms with Crippen LogP contribution in [0.25, 0.3) is 5.69 Å². The van der Waals surface area contributed by atoms with Crippen LogP contribution in [0.4, 0.5) is 14.5 Å². The number of carbonyl (C=O) groups excluding carboxylic acids is 2. The lowest BCUT2D eigenvalue weighted by molar-refractivity contribution is -0.134. The number of likely N-dealkylation sites (N-methyl/N-ethyl adjacent to an activating group) is 1. The first-order valence-electron chi connectivity index (χ1n) is 10.4. The second-order valence-corrected chi connectivity index (χ2v) is 7.45. The summed E-state index contributed by atoms with van der Waals surface area (Å²) < 4.78 is 29.4. The standard InChI is InChI=1S/C24H26F2N4O2/c1-4-29(15-22(31)27-24-20(25)11-8-12-21(24)26)23(32)14-13-19-16(2)28-30(17(19)3)18-9-6-5-7-10-18/h5-12H,4,13-15H2,1-3H3,(H,27,31). The van der Waals surface area contributed by atoms with Crippen molar-refractivity contribution in [3.05, 3.63) is 77.1 Å². The highest BCUT2D eigenvalue weighted by Gasteiger charge is 2.20. The van der Waals surface area contributed by atoms with Gasteiger partial charge in [-0.25, -0.2) is 13.5 Å². The van der Waals surface area contributed by atoms with Crippen molar-refractivity contribution in [2.24, 2.45) is 0 Å². The molecule has 3 aromatic rings. The molecule has 6 nitrogen and oxygen atoms in total. The summed E-state index contributed by atoms with van der Waals surface area (Å²) in [6.45, 7) is 5.62. The van der Waals surface area contributed by atoms with Crippen molar-refractivity contribution < 1.29 is 18.4 Å². The van der Waals surface area contributed by atoms with Crippen molar-refractivity contribution in [2.75, 3.05) is 18.4 Å². The zero-order valence-electron chi connectivity index (χ0n) is 18.4. The van der Waals surface area contributed by atoms with Crippen LogP contribution in [-0.2, 0) is 16.0 Å². The molecule has 0 unspecified atom stereocenters. The molecule has 0 bridgehead atoms. The van der Waals surface area contributed by atoms with E-state index < -0.39 is 23.2 Å². The number of carbonyl (C=O) groups is 2. The topological polar surface area (TPSA) is 67.2 Å². The number of hydrogen-bond donors (Lipinski definition) is 1.